The fourth-order valence-corrected chi connectivity index (χ4v) is 3.68. The second-order valence-corrected chi connectivity index (χ2v) is 6.13. The van der Waals surface area contributed by atoms with Gasteiger partial charge in [0, 0.05) is 18.1 Å². The molecule has 2 aromatic rings. The first-order chi connectivity index (χ1) is 10.0. The summed E-state index contributed by atoms with van der Waals surface area (Å²) in [6.45, 7) is -0.275. The Labute approximate surface area is 119 Å². The lowest BCUT2D eigenvalue weighted by molar-refractivity contribution is -0.137. The highest BCUT2D eigenvalue weighted by Crippen LogP contribution is 2.57. The molecule has 0 amide bonds. The van der Waals surface area contributed by atoms with E-state index in [2.05, 4.69) is 4.98 Å². The van der Waals surface area contributed by atoms with Crippen LogP contribution in [0.1, 0.15) is 31.0 Å². The second kappa shape index (κ2) is 4.26. The molecule has 4 nitrogen and oxygen atoms in total. The van der Waals surface area contributed by atoms with Crippen molar-refractivity contribution in [2.24, 2.45) is 11.8 Å². The summed E-state index contributed by atoms with van der Waals surface area (Å²) in [5.74, 6) is -0.638. The Morgan fingerprint density at radius 2 is 1.90 bits per heavy atom. The molecule has 2 unspecified atom stereocenters. The highest BCUT2D eigenvalue weighted by atomic mass is 19.2. The van der Waals surface area contributed by atoms with Gasteiger partial charge in [-0.2, -0.15) is 0 Å². The Morgan fingerprint density at radius 1 is 1.24 bits per heavy atom. The number of carboxylic acid groups (broad SMARTS) is 1. The number of carbonyl (C=O) groups is 1. The minimum Gasteiger partial charge on any atom is -0.480 e. The van der Waals surface area contributed by atoms with E-state index in [9.17, 15) is 13.6 Å². The summed E-state index contributed by atoms with van der Waals surface area (Å²) in [6, 6.07) is 2.09. The number of hydrogen-bond acceptors (Lipinski definition) is 2. The van der Waals surface area contributed by atoms with Gasteiger partial charge in [-0.25, -0.2) is 13.8 Å². The predicted molar refractivity (Wildman–Crippen MR) is 70.9 cm³/mol. The van der Waals surface area contributed by atoms with E-state index in [4.69, 9.17) is 5.11 Å². The van der Waals surface area contributed by atoms with Crippen molar-refractivity contribution in [3.05, 3.63) is 29.6 Å². The highest BCUT2D eigenvalue weighted by molar-refractivity contribution is 5.79. The molecule has 0 aliphatic heterocycles. The van der Waals surface area contributed by atoms with E-state index in [1.807, 2.05) is 0 Å². The van der Waals surface area contributed by atoms with Crippen LogP contribution in [-0.4, -0.2) is 20.6 Å². The molecular formula is C15H14F2N2O2. The molecular weight excluding hydrogens is 278 g/mol. The highest BCUT2D eigenvalue weighted by Gasteiger charge is 2.47. The van der Waals surface area contributed by atoms with Crippen molar-refractivity contribution < 1.29 is 18.7 Å². The normalized spacial score (nSPS) is 27.0. The van der Waals surface area contributed by atoms with Crippen molar-refractivity contribution >= 4 is 17.0 Å². The number of imidazole rings is 1. The molecule has 0 spiro atoms. The quantitative estimate of drug-likeness (QED) is 0.946. The van der Waals surface area contributed by atoms with Crippen LogP contribution in [0.15, 0.2) is 12.1 Å². The Balaban J connectivity index is 1.85. The third-order valence-electron chi connectivity index (χ3n) is 4.72. The number of nitrogens with zero attached hydrogens (tertiary/aromatic N) is 2. The molecule has 2 fully saturated rings. The maximum Gasteiger partial charge on any atom is 0.323 e. The van der Waals surface area contributed by atoms with Gasteiger partial charge in [-0.05, 0) is 31.1 Å². The molecule has 1 aromatic heterocycles. The summed E-state index contributed by atoms with van der Waals surface area (Å²) < 4.78 is 28.3. The van der Waals surface area contributed by atoms with Gasteiger partial charge in [0.25, 0.3) is 0 Å². The number of aliphatic carboxylic acids is 1. The largest absolute Gasteiger partial charge is 0.480 e. The number of benzene rings is 1. The Kier molecular flexibility index (Phi) is 2.58. The average Bonchev–Trinajstić information content (AvgIpc) is 2.88. The minimum absolute atomic E-state index is 0.201. The molecule has 2 aliphatic rings. The Morgan fingerprint density at radius 3 is 2.57 bits per heavy atom. The molecule has 2 aliphatic carbocycles. The Hall–Kier alpha value is -1.98. The van der Waals surface area contributed by atoms with Gasteiger partial charge >= 0.3 is 5.97 Å². The third-order valence-corrected chi connectivity index (χ3v) is 4.72. The molecule has 110 valence electrons. The van der Waals surface area contributed by atoms with Gasteiger partial charge in [0.05, 0.1) is 11.0 Å². The molecule has 0 radical (unpaired) electrons. The van der Waals surface area contributed by atoms with E-state index < -0.39 is 17.6 Å². The topological polar surface area (TPSA) is 55.1 Å². The SMILES string of the molecule is O=C(O)Cn1c(C2CC3CC3C2)nc2cc(F)c(F)cc21. The first-order valence-corrected chi connectivity index (χ1v) is 7.10. The van der Waals surface area contributed by atoms with Crippen LogP contribution in [-0.2, 0) is 11.3 Å². The second-order valence-electron chi connectivity index (χ2n) is 6.13. The van der Waals surface area contributed by atoms with E-state index in [1.54, 1.807) is 0 Å². The van der Waals surface area contributed by atoms with Gasteiger partial charge in [-0.15, -0.1) is 0 Å². The molecule has 1 N–H and O–H groups in total. The van der Waals surface area contributed by atoms with Crippen molar-refractivity contribution in [3.63, 3.8) is 0 Å². The molecule has 21 heavy (non-hydrogen) atoms. The molecule has 1 aromatic carbocycles. The number of aromatic nitrogens is 2. The first-order valence-electron chi connectivity index (χ1n) is 7.10. The van der Waals surface area contributed by atoms with Gasteiger partial charge in [0.15, 0.2) is 11.6 Å². The van der Waals surface area contributed by atoms with Gasteiger partial charge in [-0.3, -0.25) is 4.79 Å². The van der Waals surface area contributed by atoms with Crippen LogP contribution < -0.4 is 0 Å². The predicted octanol–water partition coefficient (Wildman–Crippen LogP) is 2.91. The first kappa shape index (κ1) is 12.7. The van der Waals surface area contributed by atoms with E-state index in [-0.39, 0.29) is 12.5 Å². The molecule has 2 atom stereocenters. The summed E-state index contributed by atoms with van der Waals surface area (Å²) in [5, 5.41) is 9.08. The Bertz CT molecular complexity index is 746. The van der Waals surface area contributed by atoms with E-state index >= 15 is 0 Å². The third kappa shape index (κ3) is 2.01. The molecule has 1 heterocycles. The summed E-state index contributed by atoms with van der Waals surface area (Å²) >= 11 is 0. The monoisotopic (exact) mass is 292 g/mol. The van der Waals surface area contributed by atoms with Crippen molar-refractivity contribution in [1.82, 2.24) is 9.55 Å². The summed E-state index contributed by atoms with van der Waals surface area (Å²) in [7, 11) is 0. The fourth-order valence-electron chi connectivity index (χ4n) is 3.68. The lowest BCUT2D eigenvalue weighted by atomic mass is 10.0. The number of rotatable bonds is 3. The van der Waals surface area contributed by atoms with Crippen molar-refractivity contribution in [3.8, 4) is 0 Å². The van der Waals surface area contributed by atoms with Crippen LogP contribution in [0, 0.1) is 23.5 Å². The smallest absolute Gasteiger partial charge is 0.323 e. The van der Waals surface area contributed by atoms with E-state index in [0.717, 1.165) is 36.8 Å². The summed E-state index contributed by atoms with van der Waals surface area (Å²) in [6.07, 6.45) is 3.25. The van der Waals surface area contributed by atoms with Crippen LogP contribution in [0.5, 0.6) is 0 Å². The fraction of sp³-hybridized carbons (Fsp3) is 0.467. The summed E-state index contributed by atoms with van der Waals surface area (Å²) in [5.41, 5.74) is 0.678. The number of halogens is 2. The molecule has 4 rings (SSSR count). The van der Waals surface area contributed by atoms with Gasteiger partial charge in [-0.1, -0.05) is 0 Å². The molecule has 6 heteroatoms. The van der Waals surface area contributed by atoms with Crippen LogP contribution in [0.25, 0.3) is 11.0 Å². The maximum absolute atomic E-state index is 13.5. The number of fused-ring (bicyclic) bond motifs is 2. The van der Waals surface area contributed by atoms with Crippen LogP contribution in [0.3, 0.4) is 0 Å². The maximum atomic E-state index is 13.5. The molecule has 2 saturated carbocycles. The van der Waals surface area contributed by atoms with Gasteiger partial charge < -0.3 is 9.67 Å². The van der Waals surface area contributed by atoms with Crippen LogP contribution in [0.4, 0.5) is 8.78 Å². The van der Waals surface area contributed by atoms with E-state index in [1.165, 1.54) is 11.0 Å². The van der Waals surface area contributed by atoms with Crippen LogP contribution in [0.2, 0.25) is 0 Å². The lowest BCUT2D eigenvalue weighted by Crippen LogP contribution is -2.14. The molecule has 0 saturated heterocycles. The number of carboxylic acids is 1. The van der Waals surface area contributed by atoms with Crippen molar-refractivity contribution in [1.29, 1.82) is 0 Å². The van der Waals surface area contributed by atoms with E-state index in [0.29, 0.717) is 16.9 Å². The van der Waals surface area contributed by atoms with Gasteiger partial charge in [0.1, 0.15) is 12.4 Å². The lowest BCUT2D eigenvalue weighted by Gasteiger charge is -2.13. The van der Waals surface area contributed by atoms with Crippen molar-refractivity contribution in [2.45, 2.75) is 31.7 Å². The van der Waals surface area contributed by atoms with Crippen molar-refractivity contribution in [2.75, 3.05) is 0 Å². The zero-order valence-electron chi connectivity index (χ0n) is 11.2. The van der Waals surface area contributed by atoms with Crippen LogP contribution >= 0.6 is 0 Å². The summed E-state index contributed by atoms with van der Waals surface area (Å²) in [4.78, 5) is 15.5. The van der Waals surface area contributed by atoms with Gasteiger partial charge in [0.2, 0.25) is 0 Å². The zero-order chi connectivity index (χ0) is 14.7. The minimum atomic E-state index is -1.01. The standard InChI is InChI=1S/C15H14F2N2O2/c16-10-4-12-13(5-11(10)17)19(6-14(20)21)15(18-12)9-2-7-1-8(7)3-9/h4-5,7-9H,1-3,6H2,(H,20,21). The average molecular weight is 292 g/mol. The molecule has 0 bridgehead atoms. The number of hydrogen-bond donors (Lipinski definition) is 1. The zero-order valence-corrected chi connectivity index (χ0v) is 11.2.